The Balaban J connectivity index is 2.78. The molecule has 0 aliphatic heterocycles. The van der Waals surface area contributed by atoms with E-state index >= 15 is 0 Å². The van der Waals surface area contributed by atoms with Gasteiger partial charge in [0.25, 0.3) is 10.2 Å². The van der Waals surface area contributed by atoms with Crippen molar-refractivity contribution in [3.05, 3.63) is 0 Å². The first-order valence-electron chi connectivity index (χ1n) is 5.54. The normalized spacial score (nSPS) is 23.0. The predicted molar refractivity (Wildman–Crippen MR) is 60.1 cm³/mol. The van der Waals surface area contributed by atoms with Crippen molar-refractivity contribution >= 4 is 18.1 Å². The average molecular weight is 219 g/mol. The summed E-state index contributed by atoms with van der Waals surface area (Å²) in [5, 5.41) is 0. The molecule has 0 radical (unpaired) electrons. The lowest BCUT2D eigenvalue weighted by Crippen LogP contribution is -2.52. The highest BCUT2D eigenvalue weighted by Gasteiger charge is 2.32. The first-order chi connectivity index (χ1) is 6.78. The van der Waals surface area contributed by atoms with Crippen LogP contribution in [0, 0.1) is 0 Å². The fourth-order valence-corrected chi connectivity index (χ4v) is 3.25. The molecule has 0 aromatic heterocycles. The van der Waals surface area contributed by atoms with Gasteiger partial charge in [0.05, 0.1) is 0 Å². The lowest BCUT2D eigenvalue weighted by Gasteiger charge is -2.25. The molecule has 14 heavy (non-hydrogen) atoms. The minimum absolute atomic E-state index is 0.173. The van der Waals surface area contributed by atoms with Crippen molar-refractivity contribution in [1.29, 1.82) is 0 Å². The fourth-order valence-electron chi connectivity index (χ4n) is 1.84. The Labute approximate surface area is 88.9 Å². The SMILES string of the molecule is [2H]N(C1(B)CCCC1)S(=O)(=O)NC(C)C. The minimum Gasteiger partial charge on any atom is -0.204 e. The monoisotopic (exact) mass is 219 g/mol. The van der Waals surface area contributed by atoms with Crippen molar-refractivity contribution < 1.29 is 9.83 Å². The molecule has 0 amide bonds. The quantitative estimate of drug-likeness (QED) is 0.639. The molecular weight excluding hydrogens is 199 g/mol. The summed E-state index contributed by atoms with van der Waals surface area (Å²) in [5.74, 6) is 0. The van der Waals surface area contributed by atoms with Gasteiger partial charge < -0.3 is 0 Å². The summed E-state index contributed by atoms with van der Waals surface area (Å²) in [6.45, 7) is 3.50. The molecule has 1 saturated carbocycles. The molecule has 0 saturated heterocycles. The van der Waals surface area contributed by atoms with Crippen LogP contribution in [-0.4, -0.2) is 27.7 Å². The first kappa shape index (κ1) is 10.5. The van der Waals surface area contributed by atoms with Gasteiger partial charge in [-0.15, -0.1) is 0 Å². The first-order valence-corrected chi connectivity index (χ1v) is 6.53. The summed E-state index contributed by atoms with van der Waals surface area (Å²) in [6.07, 6.45) is 3.55. The van der Waals surface area contributed by atoms with E-state index < -0.39 is 15.6 Å². The van der Waals surface area contributed by atoms with Crippen molar-refractivity contribution in [3.8, 4) is 0 Å². The van der Waals surface area contributed by atoms with Crippen LogP contribution in [0.2, 0.25) is 1.41 Å². The van der Waals surface area contributed by atoms with E-state index in [9.17, 15) is 8.42 Å². The number of nitrogens with one attached hydrogen (secondary N) is 2. The Kier molecular flexibility index (Phi) is 3.14. The number of hydrogen-bond acceptors (Lipinski definition) is 2. The molecule has 2 N–H and O–H groups in total. The molecule has 1 aliphatic rings. The number of rotatable bonds is 4. The summed E-state index contributed by atoms with van der Waals surface area (Å²) >= 11 is 0. The topological polar surface area (TPSA) is 58.2 Å². The van der Waals surface area contributed by atoms with Crippen molar-refractivity contribution in [1.82, 2.24) is 9.44 Å². The van der Waals surface area contributed by atoms with Gasteiger partial charge in [0.2, 0.25) is 0 Å². The van der Waals surface area contributed by atoms with Crippen molar-refractivity contribution in [2.24, 2.45) is 0 Å². The van der Waals surface area contributed by atoms with E-state index in [0.717, 1.165) is 30.4 Å². The van der Waals surface area contributed by atoms with Crippen LogP contribution in [0.25, 0.3) is 0 Å². The molecule has 0 aromatic rings. The Hall–Kier alpha value is -0.0651. The van der Waals surface area contributed by atoms with Crippen LogP contribution in [0.5, 0.6) is 0 Å². The van der Waals surface area contributed by atoms with Crippen molar-refractivity contribution in [2.45, 2.75) is 51.0 Å². The Bertz CT molecular complexity index is 315. The molecule has 0 unspecified atom stereocenters. The van der Waals surface area contributed by atoms with Gasteiger partial charge in [0.1, 0.15) is 9.26 Å². The third kappa shape index (κ3) is 3.59. The van der Waals surface area contributed by atoms with Gasteiger partial charge in [-0.3, -0.25) is 0 Å². The standard InChI is InChI=1S/C8H19BN2O2S/c1-7(2)10-14(12,13)11-8(9)5-3-4-6-8/h7,10-11H,3-6,9H2,1-2H3/i/hD. The van der Waals surface area contributed by atoms with E-state index in [-0.39, 0.29) is 6.04 Å². The maximum Gasteiger partial charge on any atom is 0.276 e. The molecule has 1 rings (SSSR count). The van der Waals surface area contributed by atoms with Crippen LogP contribution in [0.1, 0.15) is 39.5 Å². The Morgan fingerprint density at radius 3 is 2.36 bits per heavy atom. The van der Waals surface area contributed by atoms with E-state index in [0.29, 0.717) is 0 Å². The third-order valence-electron chi connectivity index (χ3n) is 2.41. The molecule has 82 valence electrons. The van der Waals surface area contributed by atoms with Gasteiger partial charge >= 0.3 is 0 Å². The molecule has 6 heteroatoms. The number of hydrogen-bond donors (Lipinski definition) is 2. The molecule has 1 fully saturated rings. The molecule has 0 spiro atoms. The van der Waals surface area contributed by atoms with Crippen molar-refractivity contribution in [2.75, 3.05) is 0 Å². The van der Waals surface area contributed by atoms with Gasteiger partial charge in [-0.25, -0.2) is 4.72 Å². The largest absolute Gasteiger partial charge is 0.276 e. The summed E-state index contributed by atoms with van der Waals surface area (Å²) in [5.41, 5.74) is -0.527. The predicted octanol–water partition coefficient (Wildman–Crippen LogP) is -0.278. The molecule has 4 nitrogen and oxygen atoms in total. The highest BCUT2D eigenvalue weighted by molar-refractivity contribution is 7.87. The maximum atomic E-state index is 11.8. The maximum absolute atomic E-state index is 11.8. The second-order valence-electron chi connectivity index (χ2n) is 4.54. The van der Waals surface area contributed by atoms with Gasteiger partial charge in [-0.05, 0) is 26.7 Å². The molecule has 0 bridgehead atoms. The van der Waals surface area contributed by atoms with Gasteiger partial charge in [0.15, 0.2) is 0 Å². The van der Waals surface area contributed by atoms with Crippen LogP contribution >= 0.6 is 0 Å². The second kappa shape index (κ2) is 4.20. The lowest BCUT2D eigenvalue weighted by atomic mass is 9.77. The van der Waals surface area contributed by atoms with Crippen LogP contribution in [0.4, 0.5) is 0 Å². The van der Waals surface area contributed by atoms with Crippen LogP contribution < -0.4 is 9.44 Å². The molecular formula is C8H19BN2O2S. The van der Waals surface area contributed by atoms with E-state index in [1.54, 1.807) is 13.8 Å². The Morgan fingerprint density at radius 2 is 1.93 bits per heavy atom. The second-order valence-corrected chi connectivity index (χ2v) is 5.91. The summed E-state index contributed by atoms with van der Waals surface area (Å²) in [7, 11) is -1.81. The minimum atomic E-state index is -3.65. The molecule has 0 atom stereocenters. The van der Waals surface area contributed by atoms with E-state index in [4.69, 9.17) is 1.41 Å². The zero-order valence-corrected chi connectivity index (χ0v) is 9.89. The zero-order chi connectivity index (χ0) is 11.7. The van der Waals surface area contributed by atoms with E-state index in [1.807, 2.05) is 7.85 Å². The highest BCUT2D eigenvalue weighted by Crippen LogP contribution is 2.26. The molecule has 0 aromatic carbocycles. The fraction of sp³-hybridized carbons (Fsp3) is 1.00. The lowest BCUT2D eigenvalue weighted by molar-refractivity contribution is 0.504. The summed E-state index contributed by atoms with van der Waals surface area (Å²) in [4.78, 5) is 0. The third-order valence-corrected chi connectivity index (χ3v) is 3.86. The van der Waals surface area contributed by atoms with Crippen LogP contribution in [0.3, 0.4) is 0 Å². The van der Waals surface area contributed by atoms with E-state index in [2.05, 4.69) is 4.72 Å². The Morgan fingerprint density at radius 1 is 1.43 bits per heavy atom. The molecule has 0 heterocycles. The summed E-state index contributed by atoms with van der Waals surface area (Å²) in [6, 6.07) is -0.173. The van der Waals surface area contributed by atoms with Gasteiger partial charge in [0, 0.05) is 11.5 Å². The molecule has 1 aliphatic carbocycles. The van der Waals surface area contributed by atoms with Gasteiger partial charge in [-0.1, -0.05) is 12.8 Å². The van der Waals surface area contributed by atoms with E-state index in [1.165, 1.54) is 0 Å². The zero-order valence-electron chi connectivity index (χ0n) is 10.1. The smallest absolute Gasteiger partial charge is 0.204 e. The van der Waals surface area contributed by atoms with Gasteiger partial charge in [-0.2, -0.15) is 13.1 Å². The summed E-state index contributed by atoms with van der Waals surface area (Å²) < 4.78 is 34.5. The van der Waals surface area contributed by atoms with Crippen LogP contribution in [0.15, 0.2) is 0 Å². The highest BCUT2D eigenvalue weighted by atomic mass is 32.2. The van der Waals surface area contributed by atoms with Crippen LogP contribution in [-0.2, 0) is 10.2 Å². The van der Waals surface area contributed by atoms with Crippen molar-refractivity contribution in [3.63, 3.8) is 0 Å². The average Bonchev–Trinajstić information content (AvgIpc) is 2.49.